The maximum absolute atomic E-state index is 11.8. The predicted molar refractivity (Wildman–Crippen MR) is 94.9 cm³/mol. The lowest BCUT2D eigenvalue weighted by molar-refractivity contribution is -0.120. The highest BCUT2D eigenvalue weighted by molar-refractivity contribution is 7.80. The van der Waals surface area contributed by atoms with Crippen LogP contribution in [0.3, 0.4) is 0 Å². The number of furan rings is 1. The number of carbonyl (C=O) groups excluding carboxylic acids is 1. The lowest BCUT2D eigenvalue weighted by atomic mass is 10.1. The van der Waals surface area contributed by atoms with Crippen molar-refractivity contribution < 1.29 is 19.1 Å². The Bertz CT molecular complexity index is 767. The van der Waals surface area contributed by atoms with E-state index in [1.165, 1.54) is 6.07 Å². The molecule has 0 aliphatic heterocycles. The normalized spacial score (nSPS) is 10.5. The number of anilines is 1. The third kappa shape index (κ3) is 4.66. The fraction of sp³-hybridized carbons (Fsp3) is 0.235. The van der Waals surface area contributed by atoms with Crippen LogP contribution >= 0.6 is 12.2 Å². The molecule has 0 spiro atoms. The Morgan fingerprint density at radius 2 is 1.92 bits per heavy atom. The monoisotopic (exact) mass is 346 g/mol. The molecule has 3 N–H and O–H groups in total. The second kappa shape index (κ2) is 7.74. The van der Waals surface area contributed by atoms with E-state index in [1.807, 2.05) is 13.8 Å². The fourth-order valence-corrected chi connectivity index (χ4v) is 2.33. The molecule has 7 heteroatoms. The van der Waals surface area contributed by atoms with Crippen molar-refractivity contribution in [3.63, 3.8) is 0 Å². The van der Waals surface area contributed by atoms with Crippen LogP contribution in [-0.4, -0.2) is 22.1 Å². The molecule has 1 aromatic carbocycles. The van der Waals surface area contributed by atoms with Crippen LogP contribution in [0.15, 0.2) is 40.8 Å². The average molecular weight is 346 g/mol. The number of aromatic carboxylic acids is 1. The Hall–Kier alpha value is -2.67. The molecule has 126 valence electrons. The Morgan fingerprint density at radius 3 is 2.54 bits per heavy atom. The van der Waals surface area contributed by atoms with Gasteiger partial charge in [0.25, 0.3) is 0 Å². The first-order valence-electron chi connectivity index (χ1n) is 7.40. The molecule has 24 heavy (non-hydrogen) atoms. The molecule has 6 nitrogen and oxygen atoms in total. The van der Waals surface area contributed by atoms with Gasteiger partial charge < -0.3 is 20.2 Å². The summed E-state index contributed by atoms with van der Waals surface area (Å²) in [6, 6.07) is 10.1. The van der Waals surface area contributed by atoms with E-state index >= 15 is 0 Å². The van der Waals surface area contributed by atoms with Gasteiger partial charge in [0.15, 0.2) is 5.11 Å². The summed E-state index contributed by atoms with van der Waals surface area (Å²) >= 11 is 5.15. The van der Waals surface area contributed by atoms with Gasteiger partial charge >= 0.3 is 5.97 Å². The number of carboxylic acid groups (broad SMARTS) is 1. The van der Waals surface area contributed by atoms with Crippen LogP contribution < -0.4 is 10.6 Å². The van der Waals surface area contributed by atoms with Gasteiger partial charge in [-0.15, -0.1) is 0 Å². The lowest BCUT2D eigenvalue weighted by Gasteiger charge is -2.13. The third-order valence-corrected chi connectivity index (χ3v) is 3.31. The van der Waals surface area contributed by atoms with Gasteiger partial charge in [0, 0.05) is 12.0 Å². The first-order valence-corrected chi connectivity index (χ1v) is 7.81. The predicted octanol–water partition coefficient (Wildman–Crippen LogP) is 3.50. The summed E-state index contributed by atoms with van der Waals surface area (Å²) < 4.78 is 5.32. The molecule has 0 saturated carbocycles. The minimum Gasteiger partial charge on any atom is -0.475 e. The van der Waals surface area contributed by atoms with Crippen LogP contribution in [0.2, 0.25) is 0 Å². The van der Waals surface area contributed by atoms with Crippen LogP contribution in [0.4, 0.5) is 5.69 Å². The van der Waals surface area contributed by atoms with E-state index in [0.29, 0.717) is 23.4 Å². The molecule has 0 aliphatic rings. The quantitative estimate of drug-likeness (QED) is 0.718. The van der Waals surface area contributed by atoms with Gasteiger partial charge in [-0.3, -0.25) is 4.79 Å². The maximum Gasteiger partial charge on any atom is 0.371 e. The molecule has 0 atom stereocenters. The van der Waals surface area contributed by atoms with Gasteiger partial charge in [-0.05, 0) is 42.4 Å². The van der Waals surface area contributed by atoms with Crippen LogP contribution in [-0.2, 0) is 4.79 Å². The molecular formula is C17H18N2O4S. The summed E-state index contributed by atoms with van der Waals surface area (Å²) in [7, 11) is 0. The Kier molecular flexibility index (Phi) is 5.70. The van der Waals surface area contributed by atoms with Crippen molar-refractivity contribution in [2.24, 2.45) is 5.92 Å². The Morgan fingerprint density at radius 1 is 1.21 bits per heavy atom. The number of benzene rings is 1. The van der Waals surface area contributed by atoms with E-state index in [-0.39, 0.29) is 22.7 Å². The van der Waals surface area contributed by atoms with Crippen molar-refractivity contribution in [1.82, 2.24) is 5.32 Å². The summed E-state index contributed by atoms with van der Waals surface area (Å²) in [5.74, 6) is -0.814. The molecule has 0 unspecified atom stereocenters. The van der Waals surface area contributed by atoms with Crippen LogP contribution in [0, 0.1) is 5.92 Å². The minimum absolute atomic E-state index is 0.146. The van der Waals surface area contributed by atoms with E-state index in [1.54, 1.807) is 30.3 Å². The van der Waals surface area contributed by atoms with Crippen molar-refractivity contribution >= 4 is 34.9 Å². The number of para-hydroxylation sites is 1. The first kappa shape index (κ1) is 17.7. The topological polar surface area (TPSA) is 91.6 Å². The van der Waals surface area contributed by atoms with E-state index in [4.69, 9.17) is 21.7 Å². The SMILES string of the molecule is CC(C)CC(=O)NC(=S)Nc1ccccc1-c1ccc(C(=O)O)o1. The number of rotatable bonds is 5. The molecule has 1 amide bonds. The summed E-state index contributed by atoms with van der Waals surface area (Å²) in [6.07, 6.45) is 0.379. The highest BCUT2D eigenvalue weighted by Gasteiger charge is 2.14. The summed E-state index contributed by atoms with van der Waals surface area (Å²) in [4.78, 5) is 22.7. The number of carboxylic acids is 1. The molecule has 2 aromatic rings. The largest absolute Gasteiger partial charge is 0.475 e. The van der Waals surface area contributed by atoms with E-state index < -0.39 is 5.97 Å². The van der Waals surface area contributed by atoms with Gasteiger partial charge in [0.2, 0.25) is 11.7 Å². The number of nitrogens with one attached hydrogen (secondary N) is 2. The van der Waals surface area contributed by atoms with Gasteiger partial charge in [-0.25, -0.2) is 4.79 Å². The van der Waals surface area contributed by atoms with E-state index in [2.05, 4.69) is 10.6 Å². The van der Waals surface area contributed by atoms with Crippen molar-refractivity contribution in [3.8, 4) is 11.3 Å². The highest BCUT2D eigenvalue weighted by atomic mass is 32.1. The molecule has 2 rings (SSSR count). The Balaban J connectivity index is 2.15. The van der Waals surface area contributed by atoms with Crippen molar-refractivity contribution in [2.75, 3.05) is 5.32 Å². The second-order valence-corrected chi connectivity index (χ2v) is 6.02. The summed E-state index contributed by atoms with van der Waals surface area (Å²) in [6.45, 7) is 3.89. The Labute approximate surface area is 144 Å². The van der Waals surface area contributed by atoms with Crippen molar-refractivity contribution in [1.29, 1.82) is 0 Å². The zero-order valence-electron chi connectivity index (χ0n) is 13.3. The number of hydrogen-bond donors (Lipinski definition) is 3. The number of thiocarbonyl (C=S) groups is 1. The minimum atomic E-state index is -1.14. The molecule has 0 saturated heterocycles. The second-order valence-electron chi connectivity index (χ2n) is 5.61. The first-order chi connectivity index (χ1) is 11.4. The van der Waals surface area contributed by atoms with Crippen molar-refractivity contribution in [3.05, 3.63) is 42.2 Å². The summed E-state index contributed by atoms with van der Waals surface area (Å²) in [5, 5.41) is 14.7. The van der Waals surface area contributed by atoms with Gasteiger partial charge in [0.1, 0.15) is 5.76 Å². The molecule has 0 aliphatic carbocycles. The molecule has 1 aromatic heterocycles. The highest BCUT2D eigenvalue weighted by Crippen LogP contribution is 2.29. The van der Waals surface area contributed by atoms with E-state index in [0.717, 1.165) is 0 Å². The molecular weight excluding hydrogens is 328 g/mol. The zero-order valence-corrected chi connectivity index (χ0v) is 14.1. The van der Waals surface area contributed by atoms with Gasteiger partial charge in [-0.1, -0.05) is 26.0 Å². The zero-order chi connectivity index (χ0) is 17.7. The maximum atomic E-state index is 11.8. The van der Waals surface area contributed by atoms with Crippen LogP contribution in [0.25, 0.3) is 11.3 Å². The average Bonchev–Trinajstić information content (AvgIpc) is 2.96. The smallest absolute Gasteiger partial charge is 0.371 e. The number of hydrogen-bond acceptors (Lipinski definition) is 4. The molecule has 0 bridgehead atoms. The standard InChI is InChI=1S/C17H18N2O4S/c1-10(2)9-15(20)19-17(24)18-12-6-4-3-5-11(12)13-7-8-14(23-13)16(21)22/h3-8,10H,9H2,1-2H3,(H,21,22)(H2,18,19,20,24). The van der Waals surface area contributed by atoms with Gasteiger partial charge in [-0.2, -0.15) is 0 Å². The lowest BCUT2D eigenvalue weighted by Crippen LogP contribution is -2.34. The summed E-state index contributed by atoms with van der Waals surface area (Å²) in [5.41, 5.74) is 1.25. The van der Waals surface area contributed by atoms with Crippen LogP contribution in [0.5, 0.6) is 0 Å². The number of amides is 1. The molecule has 0 fully saturated rings. The fourth-order valence-electron chi connectivity index (χ4n) is 2.11. The van der Waals surface area contributed by atoms with Crippen molar-refractivity contribution in [2.45, 2.75) is 20.3 Å². The number of carbonyl (C=O) groups is 2. The third-order valence-electron chi connectivity index (χ3n) is 3.10. The molecule has 0 radical (unpaired) electrons. The van der Waals surface area contributed by atoms with E-state index in [9.17, 15) is 9.59 Å². The van der Waals surface area contributed by atoms with Gasteiger partial charge in [0.05, 0.1) is 5.69 Å². The molecule has 1 heterocycles. The van der Waals surface area contributed by atoms with Crippen LogP contribution in [0.1, 0.15) is 30.8 Å².